The first-order valence-electron chi connectivity index (χ1n) is 10.9. The van der Waals surface area contributed by atoms with Gasteiger partial charge in [-0.3, -0.25) is 4.79 Å². The first-order chi connectivity index (χ1) is 16.1. The van der Waals surface area contributed by atoms with Gasteiger partial charge in [0.25, 0.3) is 5.56 Å². The molecular weight excluding hydrogens is 450 g/mol. The first kappa shape index (κ1) is 25.1. The van der Waals surface area contributed by atoms with E-state index in [9.17, 15) is 18.4 Å². The van der Waals surface area contributed by atoms with Gasteiger partial charge in [0.1, 0.15) is 11.4 Å². The molecule has 4 heterocycles. The number of alkyl halides is 2. The minimum absolute atomic E-state index is 0.167. The number of aromatic nitrogens is 5. The van der Waals surface area contributed by atoms with Gasteiger partial charge in [0.2, 0.25) is 5.88 Å². The van der Waals surface area contributed by atoms with Crippen LogP contribution in [0, 0.1) is 0 Å². The third-order valence-corrected chi connectivity index (χ3v) is 4.82. The summed E-state index contributed by atoms with van der Waals surface area (Å²) in [6.45, 7) is 6.88. The van der Waals surface area contributed by atoms with E-state index >= 15 is 0 Å². The second kappa shape index (κ2) is 10.6. The van der Waals surface area contributed by atoms with E-state index in [0.29, 0.717) is 23.6 Å². The molecule has 4 rings (SSSR count). The maximum atomic E-state index is 12.1. The van der Waals surface area contributed by atoms with Crippen molar-refractivity contribution < 1.29 is 23.0 Å². The van der Waals surface area contributed by atoms with Gasteiger partial charge < -0.3 is 23.9 Å². The molecule has 1 fully saturated rings. The number of nitrogens with one attached hydrogen (secondary N) is 1. The number of rotatable bonds is 4. The number of halogens is 2. The van der Waals surface area contributed by atoms with Gasteiger partial charge in [0, 0.05) is 37.5 Å². The van der Waals surface area contributed by atoms with Crippen LogP contribution in [0.3, 0.4) is 0 Å². The van der Waals surface area contributed by atoms with Crippen LogP contribution in [0.1, 0.15) is 40.5 Å². The quantitative estimate of drug-likeness (QED) is 0.606. The number of carbonyl (C=O) groups is 1. The Labute approximate surface area is 194 Å². The summed E-state index contributed by atoms with van der Waals surface area (Å²) in [7, 11) is 0. The van der Waals surface area contributed by atoms with Crippen LogP contribution in [-0.4, -0.2) is 60.8 Å². The molecule has 10 nitrogen and oxygen atoms in total. The van der Waals surface area contributed by atoms with Crippen molar-refractivity contribution in [3.8, 4) is 17.3 Å². The normalized spacial score (nSPS) is 13.7. The maximum Gasteiger partial charge on any atom is 0.410 e. The first-order valence-corrected chi connectivity index (χ1v) is 10.9. The zero-order valence-corrected chi connectivity index (χ0v) is 19.5. The zero-order valence-electron chi connectivity index (χ0n) is 19.5. The number of aromatic amines is 1. The van der Waals surface area contributed by atoms with Crippen molar-refractivity contribution >= 4 is 17.3 Å². The van der Waals surface area contributed by atoms with Crippen LogP contribution in [0.5, 0.6) is 5.88 Å². The summed E-state index contributed by atoms with van der Waals surface area (Å²) in [4.78, 5) is 39.6. The fourth-order valence-corrected chi connectivity index (χ4v) is 3.37. The Morgan fingerprint density at radius 3 is 2.47 bits per heavy atom. The fraction of sp³-hybridized carbons (Fsp3) is 0.500. The van der Waals surface area contributed by atoms with Gasteiger partial charge >= 0.3 is 12.7 Å². The SMILES string of the molecule is CC(C)(C)OC(=O)N1CCCC1.CCn1c(-c2ccc(OC(F)F)nc2)nc2c(=O)[nH]cnc21. The van der Waals surface area contributed by atoms with Gasteiger partial charge in [0.15, 0.2) is 11.2 Å². The number of pyridine rings is 1. The minimum Gasteiger partial charge on any atom is -0.444 e. The maximum absolute atomic E-state index is 12.1. The lowest BCUT2D eigenvalue weighted by Crippen LogP contribution is -2.34. The van der Waals surface area contributed by atoms with E-state index in [1.807, 2.05) is 27.7 Å². The lowest BCUT2D eigenvalue weighted by Gasteiger charge is -2.23. The number of fused-ring (bicyclic) bond motifs is 1. The monoisotopic (exact) mass is 478 g/mol. The lowest BCUT2D eigenvalue weighted by molar-refractivity contribution is -0.0528. The Morgan fingerprint density at radius 2 is 1.91 bits per heavy atom. The van der Waals surface area contributed by atoms with Gasteiger partial charge in [-0.05, 0) is 46.6 Å². The van der Waals surface area contributed by atoms with Gasteiger partial charge in [-0.15, -0.1) is 0 Å². The number of carbonyl (C=O) groups excluding carboxylic acids is 1. The van der Waals surface area contributed by atoms with Crippen molar-refractivity contribution in [3.05, 3.63) is 35.0 Å². The smallest absolute Gasteiger partial charge is 0.410 e. The Balaban J connectivity index is 0.000000229. The average Bonchev–Trinajstić information content (AvgIpc) is 3.42. The summed E-state index contributed by atoms with van der Waals surface area (Å²) in [6, 6.07) is 2.87. The third-order valence-electron chi connectivity index (χ3n) is 4.82. The van der Waals surface area contributed by atoms with Crippen LogP contribution >= 0.6 is 0 Å². The highest BCUT2D eigenvalue weighted by Crippen LogP contribution is 2.23. The fourth-order valence-electron chi connectivity index (χ4n) is 3.37. The van der Waals surface area contributed by atoms with Crippen LogP contribution in [0.25, 0.3) is 22.6 Å². The Morgan fingerprint density at radius 1 is 1.21 bits per heavy atom. The van der Waals surface area contributed by atoms with Gasteiger partial charge in [-0.1, -0.05) is 0 Å². The Hall–Kier alpha value is -3.57. The van der Waals surface area contributed by atoms with Crippen LogP contribution in [0.2, 0.25) is 0 Å². The number of imidazole rings is 1. The molecule has 1 N–H and O–H groups in total. The van der Waals surface area contributed by atoms with E-state index in [0.717, 1.165) is 25.9 Å². The Kier molecular flexibility index (Phi) is 7.79. The molecule has 3 aromatic rings. The van der Waals surface area contributed by atoms with Gasteiger partial charge in [-0.25, -0.2) is 19.7 Å². The van der Waals surface area contributed by atoms with Gasteiger partial charge in [-0.2, -0.15) is 8.78 Å². The summed E-state index contributed by atoms with van der Waals surface area (Å²) in [5.41, 5.74) is 0.533. The molecule has 0 aromatic carbocycles. The van der Waals surface area contributed by atoms with E-state index in [1.165, 1.54) is 18.6 Å². The van der Waals surface area contributed by atoms with Crippen LogP contribution < -0.4 is 10.3 Å². The largest absolute Gasteiger partial charge is 0.444 e. The van der Waals surface area contributed by atoms with Crippen molar-refractivity contribution in [1.82, 2.24) is 29.4 Å². The molecule has 0 aliphatic carbocycles. The van der Waals surface area contributed by atoms with Crippen LogP contribution in [0.4, 0.5) is 13.6 Å². The molecular formula is C22H28F2N6O4. The van der Waals surface area contributed by atoms with Crippen molar-refractivity contribution in [2.45, 2.75) is 59.3 Å². The van der Waals surface area contributed by atoms with E-state index in [-0.39, 0.29) is 28.7 Å². The van der Waals surface area contributed by atoms with Crippen LogP contribution in [0.15, 0.2) is 29.5 Å². The lowest BCUT2D eigenvalue weighted by atomic mass is 10.2. The number of H-pyrrole nitrogens is 1. The van der Waals surface area contributed by atoms with E-state index in [2.05, 4.69) is 24.7 Å². The predicted molar refractivity (Wildman–Crippen MR) is 121 cm³/mol. The molecule has 1 aliphatic heterocycles. The highest BCUT2D eigenvalue weighted by atomic mass is 19.3. The summed E-state index contributed by atoms with van der Waals surface area (Å²) in [6.07, 6.45) is 4.72. The molecule has 1 aliphatic rings. The van der Waals surface area contributed by atoms with Crippen molar-refractivity contribution in [1.29, 1.82) is 0 Å². The molecule has 0 spiro atoms. The number of ether oxygens (including phenoxy) is 2. The van der Waals surface area contributed by atoms with E-state index in [4.69, 9.17) is 4.74 Å². The second-order valence-corrected chi connectivity index (χ2v) is 8.52. The molecule has 34 heavy (non-hydrogen) atoms. The highest BCUT2D eigenvalue weighted by Gasteiger charge is 2.24. The highest BCUT2D eigenvalue weighted by molar-refractivity contribution is 5.76. The molecule has 0 radical (unpaired) electrons. The summed E-state index contributed by atoms with van der Waals surface area (Å²) in [5.74, 6) is 0.298. The zero-order chi connectivity index (χ0) is 24.9. The molecule has 0 atom stereocenters. The number of hydrogen-bond acceptors (Lipinski definition) is 7. The third kappa shape index (κ3) is 6.27. The Bertz CT molecular complexity index is 1160. The second-order valence-electron chi connectivity index (χ2n) is 8.52. The molecule has 1 amide bonds. The predicted octanol–water partition coefficient (Wildman–Crippen LogP) is 3.82. The number of nitrogens with zero attached hydrogens (tertiary/aromatic N) is 5. The summed E-state index contributed by atoms with van der Waals surface area (Å²) < 4.78 is 35.4. The van der Waals surface area contributed by atoms with E-state index in [1.54, 1.807) is 15.5 Å². The minimum atomic E-state index is -2.93. The van der Waals surface area contributed by atoms with Crippen LogP contribution in [-0.2, 0) is 11.3 Å². The van der Waals surface area contributed by atoms with E-state index < -0.39 is 6.61 Å². The molecule has 0 unspecified atom stereocenters. The van der Waals surface area contributed by atoms with Crippen molar-refractivity contribution in [2.24, 2.45) is 0 Å². The topological polar surface area (TPSA) is 115 Å². The molecule has 0 saturated carbocycles. The summed E-state index contributed by atoms with van der Waals surface area (Å²) in [5, 5.41) is 0. The molecule has 1 saturated heterocycles. The average molecular weight is 479 g/mol. The molecule has 3 aromatic heterocycles. The number of aryl methyl sites for hydroxylation is 1. The van der Waals surface area contributed by atoms with Crippen molar-refractivity contribution in [3.63, 3.8) is 0 Å². The number of amides is 1. The molecule has 12 heteroatoms. The summed E-state index contributed by atoms with van der Waals surface area (Å²) >= 11 is 0. The standard InChI is InChI=1S/C13H11F2N5O2.C9H17NO2/c1-2-20-10(19-9-11(20)17-6-18-12(9)21)7-3-4-8(16-5-7)22-13(14)15;1-9(2,3)12-8(11)10-6-4-5-7-10/h3-6,13H,2H2,1H3,(H,17,18,21);4-7H2,1-3H3. The molecule has 0 bridgehead atoms. The molecule has 184 valence electrons. The number of hydrogen-bond donors (Lipinski definition) is 1. The number of likely N-dealkylation sites (tertiary alicyclic amines) is 1. The van der Waals surface area contributed by atoms with Gasteiger partial charge in [0.05, 0.1) is 6.33 Å². The van der Waals surface area contributed by atoms with Crippen molar-refractivity contribution in [2.75, 3.05) is 13.1 Å².